The van der Waals surface area contributed by atoms with Gasteiger partial charge in [0.2, 0.25) is 11.9 Å². The van der Waals surface area contributed by atoms with Crippen molar-refractivity contribution in [3.05, 3.63) is 124 Å². The Balaban J connectivity index is 0.000000234. The Morgan fingerprint density at radius 1 is 0.673 bits per heavy atom. The third-order valence-electron chi connectivity index (χ3n) is 7.00. The number of hydrogen-bond acceptors (Lipinski definition) is 10. The largest absolute Gasteiger partial charge is 0.507 e. The minimum atomic E-state index is -4.56. The van der Waals surface area contributed by atoms with Gasteiger partial charge in [-0.25, -0.2) is 28.7 Å². The first-order valence-corrected chi connectivity index (χ1v) is 16.0. The third kappa shape index (κ3) is 12.8. The van der Waals surface area contributed by atoms with E-state index >= 15 is 0 Å². The van der Waals surface area contributed by atoms with E-state index in [2.05, 4.69) is 56.7 Å². The van der Waals surface area contributed by atoms with Crippen molar-refractivity contribution in [1.82, 2.24) is 39.5 Å². The first-order chi connectivity index (χ1) is 25.4. The normalized spacial score (nSPS) is 11.0. The number of aryl methyl sites for hydroxylation is 2. The van der Waals surface area contributed by atoms with Crippen molar-refractivity contribution >= 4 is 40.5 Å². The highest BCUT2D eigenvalue weighted by Crippen LogP contribution is 2.31. The summed E-state index contributed by atoms with van der Waals surface area (Å²) in [5.41, 5.74) is -0.738. The molecule has 0 fully saturated rings. The number of halogens is 9. The third-order valence-corrected chi connectivity index (χ3v) is 7.41. The first kappa shape index (κ1) is 43.9. The monoisotopic (exact) mass is 842 g/mol. The van der Waals surface area contributed by atoms with Gasteiger partial charge in [-0.2, -0.15) is 36.5 Å². The maximum Gasteiger partial charge on any atom is 0.507 e. The summed E-state index contributed by atoms with van der Waals surface area (Å²) in [6.07, 6.45) is -3.04. The molecule has 0 radical (unpaired) electrons. The Bertz CT molecular complexity index is 2110. The maximum atomic E-state index is 13.5. The Hall–Kier alpha value is -5.48. The zero-order valence-corrected chi connectivity index (χ0v) is 29.5. The molecule has 292 valence electrons. The van der Waals surface area contributed by atoms with Gasteiger partial charge in [-0.05, 0) is 40.2 Å². The molecule has 22 heteroatoms. The molecular formula is C33H32BBrF8N10O2. The lowest BCUT2D eigenvalue weighted by Gasteiger charge is -2.06. The fourth-order valence-corrected chi connectivity index (χ4v) is 4.53. The Morgan fingerprint density at radius 2 is 1.09 bits per heavy atom. The van der Waals surface area contributed by atoms with Gasteiger partial charge in [0, 0.05) is 68.7 Å². The van der Waals surface area contributed by atoms with Crippen LogP contribution in [-0.4, -0.2) is 56.7 Å². The molecule has 0 spiro atoms. The minimum Gasteiger partial charge on any atom is -0.422 e. The van der Waals surface area contributed by atoms with Crippen molar-refractivity contribution in [3.63, 3.8) is 0 Å². The molecule has 4 heterocycles. The van der Waals surface area contributed by atoms with Gasteiger partial charge in [-0.1, -0.05) is 43.8 Å². The minimum absolute atomic E-state index is 0. The van der Waals surface area contributed by atoms with Crippen molar-refractivity contribution < 1.29 is 45.2 Å². The predicted molar refractivity (Wildman–Crippen MR) is 191 cm³/mol. The molecule has 0 aliphatic carbocycles. The van der Waals surface area contributed by atoms with Gasteiger partial charge < -0.3 is 20.7 Å². The molecule has 0 atom stereocenters. The topological polar surface area (TPSA) is 152 Å². The number of rotatable bonds is 8. The fraction of sp³-hybridized carbons (Fsp3) is 0.212. The molecule has 0 unspecified atom stereocenters. The van der Waals surface area contributed by atoms with Crippen LogP contribution >= 0.6 is 15.9 Å². The molecule has 6 rings (SSSR count). The Kier molecular flexibility index (Phi) is 15.3. The van der Waals surface area contributed by atoms with Gasteiger partial charge in [0.15, 0.2) is 11.4 Å². The molecule has 12 nitrogen and oxygen atoms in total. The van der Waals surface area contributed by atoms with Gasteiger partial charge in [0.25, 0.3) is 0 Å². The summed E-state index contributed by atoms with van der Waals surface area (Å²) in [6, 6.07) is 14.4. The van der Waals surface area contributed by atoms with Gasteiger partial charge in [-0.15, -0.1) is 0 Å². The lowest BCUT2D eigenvalue weighted by molar-refractivity contribution is -0.142. The number of hydrogen-bond donors (Lipinski definition) is 4. The molecule has 4 aromatic heterocycles. The van der Waals surface area contributed by atoms with E-state index in [-0.39, 0.29) is 42.8 Å². The smallest absolute Gasteiger partial charge is 0.422 e. The molecule has 0 saturated carbocycles. The van der Waals surface area contributed by atoms with E-state index in [9.17, 15) is 35.1 Å². The van der Waals surface area contributed by atoms with Crippen LogP contribution < -0.4 is 16.2 Å². The van der Waals surface area contributed by atoms with E-state index in [0.29, 0.717) is 35.2 Å². The highest BCUT2D eigenvalue weighted by Gasteiger charge is 2.36. The van der Waals surface area contributed by atoms with Crippen LogP contribution in [0.5, 0.6) is 0 Å². The highest BCUT2D eigenvalue weighted by molar-refractivity contribution is 9.10. The summed E-state index contributed by atoms with van der Waals surface area (Å²) in [6.45, 7) is 0.560. The number of nitrogens with zero attached hydrogens (tertiary/aromatic N) is 8. The number of nitrogens with one attached hydrogen (secondary N) is 2. The van der Waals surface area contributed by atoms with Gasteiger partial charge in [-0.3, -0.25) is 9.36 Å². The van der Waals surface area contributed by atoms with Crippen LogP contribution in [0.1, 0.15) is 29.9 Å². The van der Waals surface area contributed by atoms with Gasteiger partial charge >= 0.3 is 19.5 Å². The molecular weight excluding hydrogens is 811 g/mol. The van der Waals surface area contributed by atoms with Crippen LogP contribution in [0.2, 0.25) is 0 Å². The summed E-state index contributed by atoms with van der Waals surface area (Å²) in [5, 5.41) is 29.5. The Morgan fingerprint density at radius 3 is 1.47 bits per heavy atom. The molecule has 0 saturated heterocycles. The van der Waals surface area contributed by atoms with Crippen molar-refractivity contribution in [3.8, 4) is 11.3 Å². The van der Waals surface area contributed by atoms with Gasteiger partial charge in [0.1, 0.15) is 11.6 Å². The van der Waals surface area contributed by atoms with Crippen molar-refractivity contribution in [2.45, 2.75) is 32.9 Å². The molecule has 2 aromatic carbocycles. The Labute approximate surface area is 317 Å². The second-order valence-corrected chi connectivity index (χ2v) is 11.8. The summed E-state index contributed by atoms with van der Waals surface area (Å²) < 4.78 is 104. The average molecular weight is 843 g/mol. The highest BCUT2D eigenvalue weighted by atomic mass is 79.9. The molecule has 0 amide bonds. The maximum absolute atomic E-state index is 13.5. The van der Waals surface area contributed by atoms with Crippen LogP contribution in [0.25, 0.3) is 11.3 Å². The lowest BCUT2D eigenvalue weighted by Crippen LogP contribution is -2.35. The summed E-state index contributed by atoms with van der Waals surface area (Å²) in [7, 11) is 0.660. The number of benzene rings is 2. The fourth-order valence-electron chi connectivity index (χ4n) is 4.33. The second kappa shape index (κ2) is 19.2. The van der Waals surface area contributed by atoms with Crippen LogP contribution in [0.4, 0.5) is 47.0 Å². The summed E-state index contributed by atoms with van der Waals surface area (Å²) in [5.74, 6) is 0.143. The first-order valence-electron chi connectivity index (χ1n) is 15.3. The van der Waals surface area contributed by atoms with Crippen LogP contribution in [0.3, 0.4) is 0 Å². The summed E-state index contributed by atoms with van der Waals surface area (Å²) >= 11 is 3.24. The van der Waals surface area contributed by atoms with Crippen LogP contribution in [-0.2, 0) is 39.5 Å². The van der Waals surface area contributed by atoms with Gasteiger partial charge in [0.05, 0.1) is 15.8 Å². The molecule has 0 bridgehead atoms. The second-order valence-electron chi connectivity index (χ2n) is 10.9. The van der Waals surface area contributed by atoms with E-state index in [1.807, 2.05) is 0 Å². The molecule has 6 aromatic rings. The van der Waals surface area contributed by atoms with Crippen LogP contribution in [0.15, 0.2) is 89.9 Å². The number of anilines is 2. The van der Waals surface area contributed by atoms with E-state index in [0.717, 1.165) is 19.9 Å². The van der Waals surface area contributed by atoms with Crippen molar-refractivity contribution in [1.29, 1.82) is 0 Å². The zero-order valence-electron chi connectivity index (χ0n) is 27.9. The summed E-state index contributed by atoms with van der Waals surface area (Å²) in [4.78, 5) is 16.2. The average Bonchev–Trinajstić information content (AvgIpc) is 3.72. The number of aromatic nitrogens is 8. The molecule has 4 N–H and O–H groups in total. The molecule has 0 aliphatic rings. The van der Waals surface area contributed by atoms with Crippen LogP contribution in [0, 0.1) is 11.6 Å². The quantitative estimate of drug-likeness (QED) is 0.100. The molecule has 55 heavy (non-hydrogen) atoms. The lowest BCUT2D eigenvalue weighted by atomic mass is 9.86. The van der Waals surface area contributed by atoms with E-state index in [4.69, 9.17) is 10.0 Å². The predicted octanol–water partition coefficient (Wildman–Crippen LogP) is 6.39. The SMILES string of the molecule is C.Cn1nc(C(F)(F)F)cc1-c1cnc(NCc2ccccc2F)nc1.Cn1nc(C(F)(F)F)cc1B(O)O.Fc1ccccc1CNc1ncc(Br)cn1. The number of alkyl halides is 6. The standard InChI is InChI=1S/C16H13F4N5.C11H9BrFN3.C5H6BF3N2O2.CH4/c1-25-13(6-14(24-25)16(18,19)20)11-8-22-15(23-9-11)21-7-10-4-2-3-5-12(10)17;12-9-6-15-11(16-7-9)14-5-8-3-1-2-4-10(8)13;1-11-4(6(12)13)2-3(10-11)5(7,8)9;/h2-6,8-9H,7H2,1H3,(H,21,22,23);1-4,6-7H,5H2,(H,14,15,16);2,12-13H,1H3;1H4. The van der Waals surface area contributed by atoms with E-state index < -0.39 is 30.9 Å². The van der Waals surface area contributed by atoms with E-state index in [1.54, 1.807) is 48.8 Å². The molecule has 0 aliphatic heterocycles. The van der Waals surface area contributed by atoms with E-state index in [1.165, 1.54) is 38.6 Å². The van der Waals surface area contributed by atoms with Crippen molar-refractivity contribution in [2.24, 2.45) is 14.1 Å². The van der Waals surface area contributed by atoms with Crippen molar-refractivity contribution in [2.75, 3.05) is 10.6 Å². The zero-order chi connectivity index (χ0) is 39.6.